The second-order valence-electron chi connectivity index (χ2n) is 4.11. The number of rotatable bonds is 5. The zero-order valence-corrected chi connectivity index (χ0v) is 10.7. The molecular weight excluding hydrogens is 268 g/mol. The van der Waals surface area contributed by atoms with Gasteiger partial charge in [-0.05, 0) is 19.2 Å². The molecule has 0 radical (unpaired) electrons. The summed E-state index contributed by atoms with van der Waals surface area (Å²) >= 11 is 0. The topological polar surface area (TPSA) is 71.8 Å². The molecule has 106 valence electrons. The van der Waals surface area contributed by atoms with Crippen molar-refractivity contribution in [2.75, 3.05) is 12.4 Å². The van der Waals surface area contributed by atoms with Gasteiger partial charge in [0.05, 0.1) is 11.9 Å². The predicted octanol–water partition coefficient (Wildman–Crippen LogP) is 0.914. The molecule has 2 rings (SSSR count). The van der Waals surface area contributed by atoms with Crippen LogP contribution in [-0.2, 0) is 17.9 Å². The first-order valence-electron chi connectivity index (χ1n) is 5.87. The third kappa shape index (κ3) is 3.58. The maximum atomic E-state index is 13.0. The molecule has 0 saturated heterocycles. The second-order valence-corrected chi connectivity index (χ2v) is 4.11. The number of carbonyl (C=O) groups excluding carboxylic acids is 1. The van der Waals surface area contributed by atoms with Crippen molar-refractivity contribution in [3.05, 3.63) is 41.7 Å². The lowest BCUT2D eigenvalue weighted by molar-refractivity contribution is -0.116. The van der Waals surface area contributed by atoms with E-state index < -0.39 is 17.5 Å². The zero-order valence-electron chi connectivity index (χ0n) is 10.7. The predicted molar refractivity (Wildman–Crippen MR) is 67.8 cm³/mol. The van der Waals surface area contributed by atoms with Crippen molar-refractivity contribution in [2.45, 2.75) is 13.1 Å². The first-order chi connectivity index (χ1) is 9.58. The van der Waals surface area contributed by atoms with Crippen LogP contribution in [-0.4, -0.2) is 27.9 Å². The van der Waals surface area contributed by atoms with Crippen LogP contribution in [0, 0.1) is 11.6 Å². The molecule has 0 fully saturated rings. The maximum absolute atomic E-state index is 13.0. The van der Waals surface area contributed by atoms with Crippen LogP contribution in [0.15, 0.2) is 24.4 Å². The van der Waals surface area contributed by atoms with Crippen LogP contribution in [0.2, 0.25) is 0 Å². The van der Waals surface area contributed by atoms with Gasteiger partial charge >= 0.3 is 0 Å². The molecular formula is C12H13F2N5O. The molecule has 0 spiro atoms. The number of nitrogens with one attached hydrogen (secondary N) is 2. The smallest absolute Gasteiger partial charge is 0.246 e. The summed E-state index contributed by atoms with van der Waals surface area (Å²) < 4.78 is 27.1. The lowest BCUT2D eigenvalue weighted by Gasteiger charge is -2.05. The van der Waals surface area contributed by atoms with Gasteiger partial charge in [-0.25, -0.2) is 13.5 Å². The van der Waals surface area contributed by atoms with E-state index in [4.69, 9.17) is 0 Å². The lowest BCUT2D eigenvalue weighted by atomic mass is 10.3. The monoisotopic (exact) mass is 281 g/mol. The van der Waals surface area contributed by atoms with Crippen LogP contribution in [0.4, 0.5) is 14.5 Å². The van der Waals surface area contributed by atoms with Crippen LogP contribution in [0.25, 0.3) is 0 Å². The zero-order chi connectivity index (χ0) is 14.5. The Labute approximate surface area is 113 Å². The van der Waals surface area contributed by atoms with Gasteiger partial charge in [0.15, 0.2) is 11.6 Å². The minimum absolute atomic E-state index is 0.0598. The Kier molecular flexibility index (Phi) is 4.36. The Morgan fingerprint density at radius 1 is 1.35 bits per heavy atom. The summed E-state index contributed by atoms with van der Waals surface area (Å²) in [6.45, 7) is 0.487. The molecule has 0 atom stereocenters. The number of anilines is 1. The van der Waals surface area contributed by atoms with Crippen molar-refractivity contribution in [1.82, 2.24) is 20.3 Å². The minimum Gasteiger partial charge on any atom is -0.324 e. The van der Waals surface area contributed by atoms with E-state index in [0.717, 1.165) is 12.1 Å². The van der Waals surface area contributed by atoms with Crippen LogP contribution >= 0.6 is 0 Å². The second kappa shape index (κ2) is 6.20. The summed E-state index contributed by atoms with van der Waals surface area (Å²) in [6.07, 6.45) is 1.63. The normalized spacial score (nSPS) is 10.6. The summed E-state index contributed by atoms with van der Waals surface area (Å²) in [5.41, 5.74) is 0.887. The first-order valence-corrected chi connectivity index (χ1v) is 5.87. The van der Waals surface area contributed by atoms with Crippen molar-refractivity contribution < 1.29 is 13.6 Å². The van der Waals surface area contributed by atoms with Crippen molar-refractivity contribution in [3.8, 4) is 0 Å². The third-order valence-corrected chi connectivity index (χ3v) is 2.45. The standard InChI is InChI=1S/C12H13F2N5O/c1-15-5-9-6-19(18-17-9)7-12(20)16-8-2-3-10(13)11(14)4-8/h2-4,6,15H,5,7H2,1H3,(H,16,20). The van der Waals surface area contributed by atoms with Gasteiger partial charge in [0.1, 0.15) is 6.54 Å². The number of carbonyl (C=O) groups is 1. The van der Waals surface area contributed by atoms with Gasteiger partial charge in [-0.2, -0.15) is 0 Å². The fraction of sp³-hybridized carbons (Fsp3) is 0.250. The quantitative estimate of drug-likeness (QED) is 0.854. The van der Waals surface area contributed by atoms with Gasteiger partial charge < -0.3 is 10.6 Å². The van der Waals surface area contributed by atoms with Gasteiger partial charge in [0.25, 0.3) is 0 Å². The van der Waals surface area contributed by atoms with E-state index >= 15 is 0 Å². The number of hydrogen-bond acceptors (Lipinski definition) is 4. The average molecular weight is 281 g/mol. The molecule has 20 heavy (non-hydrogen) atoms. The van der Waals surface area contributed by atoms with E-state index in [1.165, 1.54) is 10.7 Å². The van der Waals surface area contributed by atoms with Gasteiger partial charge in [-0.15, -0.1) is 5.10 Å². The highest BCUT2D eigenvalue weighted by atomic mass is 19.2. The van der Waals surface area contributed by atoms with Crippen molar-refractivity contribution in [1.29, 1.82) is 0 Å². The fourth-order valence-corrected chi connectivity index (χ4v) is 1.60. The Morgan fingerprint density at radius 3 is 2.85 bits per heavy atom. The maximum Gasteiger partial charge on any atom is 0.246 e. The highest BCUT2D eigenvalue weighted by molar-refractivity contribution is 5.90. The molecule has 0 aliphatic carbocycles. The number of benzene rings is 1. The Hall–Kier alpha value is -2.35. The fourth-order valence-electron chi connectivity index (χ4n) is 1.60. The minimum atomic E-state index is -1.01. The van der Waals surface area contributed by atoms with Crippen molar-refractivity contribution >= 4 is 11.6 Å². The summed E-state index contributed by atoms with van der Waals surface area (Å²) in [5.74, 6) is -2.38. The first kappa shape index (κ1) is 14.1. The van der Waals surface area contributed by atoms with E-state index in [-0.39, 0.29) is 12.2 Å². The SMILES string of the molecule is CNCc1cn(CC(=O)Nc2ccc(F)c(F)c2)nn1. The highest BCUT2D eigenvalue weighted by Gasteiger charge is 2.08. The molecule has 0 saturated carbocycles. The van der Waals surface area contributed by atoms with Gasteiger partial charge in [-0.1, -0.05) is 5.21 Å². The molecule has 1 heterocycles. The number of halogens is 2. The largest absolute Gasteiger partial charge is 0.324 e. The average Bonchev–Trinajstić information content (AvgIpc) is 2.81. The van der Waals surface area contributed by atoms with Crippen molar-refractivity contribution in [2.24, 2.45) is 0 Å². The van der Waals surface area contributed by atoms with E-state index in [1.54, 1.807) is 13.2 Å². The summed E-state index contributed by atoms with van der Waals surface area (Å²) in [5, 5.41) is 13.0. The highest BCUT2D eigenvalue weighted by Crippen LogP contribution is 2.13. The third-order valence-electron chi connectivity index (χ3n) is 2.45. The van der Waals surface area contributed by atoms with Crippen LogP contribution < -0.4 is 10.6 Å². The molecule has 0 aliphatic rings. The number of nitrogens with zero attached hydrogens (tertiary/aromatic N) is 3. The van der Waals surface area contributed by atoms with E-state index in [9.17, 15) is 13.6 Å². The Bertz CT molecular complexity index is 614. The molecule has 6 nitrogen and oxygen atoms in total. The lowest BCUT2D eigenvalue weighted by Crippen LogP contribution is -2.19. The molecule has 2 N–H and O–H groups in total. The van der Waals surface area contributed by atoms with Crippen LogP contribution in [0.1, 0.15) is 5.69 Å². The van der Waals surface area contributed by atoms with Gasteiger partial charge in [0, 0.05) is 18.3 Å². The van der Waals surface area contributed by atoms with Crippen LogP contribution in [0.5, 0.6) is 0 Å². The van der Waals surface area contributed by atoms with Crippen LogP contribution in [0.3, 0.4) is 0 Å². The number of aromatic nitrogens is 3. The number of amides is 1. The molecule has 1 aromatic carbocycles. The molecule has 1 aromatic heterocycles. The number of hydrogen-bond donors (Lipinski definition) is 2. The molecule has 0 unspecified atom stereocenters. The van der Waals surface area contributed by atoms with Gasteiger partial charge in [0.2, 0.25) is 5.91 Å². The molecule has 8 heteroatoms. The van der Waals surface area contributed by atoms with Gasteiger partial charge in [-0.3, -0.25) is 4.79 Å². The van der Waals surface area contributed by atoms with E-state index in [0.29, 0.717) is 12.2 Å². The van der Waals surface area contributed by atoms with E-state index in [2.05, 4.69) is 20.9 Å². The summed E-state index contributed by atoms with van der Waals surface area (Å²) in [6, 6.07) is 3.15. The van der Waals surface area contributed by atoms with E-state index in [1.807, 2.05) is 0 Å². The molecule has 2 aromatic rings. The molecule has 1 amide bonds. The molecule has 0 bridgehead atoms. The molecule has 0 aliphatic heterocycles. The Balaban J connectivity index is 1.95. The Morgan fingerprint density at radius 2 is 2.15 bits per heavy atom. The summed E-state index contributed by atoms with van der Waals surface area (Å²) in [7, 11) is 1.77. The summed E-state index contributed by atoms with van der Waals surface area (Å²) in [4.78, 5) is 11.7. The van der Waals surface area contributed by atoms with Crippen molar-refractivity contribution in [3.63, 3.8) is 0 Å².